The fourth-order valence-corrected chi connectivity index (χ4v) is 3.69. The zero-order chi connectivity index (χ0) is 17.8. The quantitative estimate of drug-likeness (QED) is 0.675. The van der Waals surface area contributed by atoms with E-state index in [9.17, 15) is 4.79 Å². The van der Waals surface area contributed by atoms with Crippen LogP contribution in [0.25, 0.3) is 16.9 Å². The number of imidazole rings is 1. The summed E-state index contributed by atoms with van der Waals surface area (Å²) < 4.78 is 2.00. The largest absolute Gasteiger partial charge is 0.358 e. The molecular weight excluding hydrogens is 354 g/mol. The monoisotopic (exact) mass is 371 g/mol. The molecule has 1 aromatic heterocycles. The van der Waals surface area contributed by atoms with Crippen LogP contribution in [0.5, 0.6) is 0 Å². The third-order valence-electron chi connectivity index (χ3n) is 3.79. The van der Waals surface area contributed by atoms with Crippen LogP contribution in [0.3, 0.4) is 0 Å². The van der Waals surface area contributed by atoms with Gasteiger partial charge >= 0.3 is 0 Å². The lowest BCUT2D eigenvalue weighted by molar-refractivity contribution is -0.119. The lowest BCUT2D eigenvalue weighted by atomic mass is 10.1. The molecule has 6 heteroatoms. The Morgan fingerprint density at radius 2 is 1.84 bits per heavy atom. The third-order valence-corrected chi connectivity index (χ3v) is 5.18. The van der Waals surface area contributed by atoms with Crippen LogP contribution in [0.4, 0.5) is 0 Å². The van der Waals surface area contributed by atoms with Crippen LogP contribution in [0.1, 0.15) is 6.92 Å². The maximum absolute atomic E-state index is 11.9. The molecule has 128 valence electrons. The predicted molar refractivity (Wildman–Crippen MR) is 103 cm³/mol. The van der Waals surface area contributed by atoms with Gasteiger partial charge in [-0.1, -0.05) is 65.8 Å². The summed E-state index contributed by atoms with van der Waals surface area (Å²) in [6, 6.07) is 17.6. The zero-order valence-corrected chi connectivity index (χ0v) is 15.5. The number of nitrogens with zero attached hydrogens (tertiary/aromatic N) is 2. The Morgan fingerprint density at radius 1 is 1.16 bits per heavy atom. The van der Waals surface area contributed by atoms with E-state index in [2.05, 4.69) is 10.3 Å². The van der Waals surface area contributed by atoms with Gasteiger partial charge in [-0.3, -0.25) is 9.36 Å². The third kappa shape index (κ3) is 3.72. The molecule has 4 nitrogen and oxygen atoms in total. The number of hydrogen-bond donors (Lipinski definition) is 1. The van der Waals surface area contributed by atoms with E-state index in [4.69, 9.17) is 11.6 Å². The van der Waals surface area contributed by atoms with Crippen LogP contribution in [-0.4, -0.2) is 27.8 Å². The van der Waals surface area contributed by atoms with Crippen LogP contribution in [0, 0.1) is 0 Å². The molecular formula is C19H18ClN3OS. The maximum atomic E-state index is 11.9. The number of halogens is 1. The van der Waals surface area contributed by atoms with Gasteiger partial charge in [0.1, 0.15) is 0 Å². The number of benzene rings is 2. The van der Waals surface area contributed by atoms with Gasteiger partial charge in [0.05, 0.1) is 27.9 Å². The lowest BCUT2D eigenvalue weighted by Crippen LogP contribution is -2.27. The minimum Gasteiger partial charge on any atom is -0.358 e. The molecule has 1 heterocycles. The molecule has 3 aromatic rings. The molecule has 25 heavy (non-hydrogen) atoms. The number of aromatic nitrogens is 2. The summed E-state index contributed by atoms with van der Waals surface area (Å²) in [7, 11) is 1.63. The van der Waals surface area contributed by atoms with Crippen LogP contribution >= 0.6 is 23.4 Å². The standard InChI is InChI=1S/C19H18ClN3OS/c1-13(18(24)21-2)25-19-22-12-17(14-8-4-3-5-9-14)23(19)16-11-7-6-10-15(16)20/h3-13H,1-2H3,(H,21,24). The number of rotatable bonds is 5. The molecule has 0 spiro atoms. The molecule has 1 atom stereocenters. The molecule has 1 unspecified atom stereocenters. The molecule has 3 rings (SSSR count). The highest BCUT2D eigenvalue weighted by Gasteiger charge is 2.20. The highest BCUT2D eigenvalue weighted by Crippen LogP contribution is 2.34. The van der Waals surface area contributed by atoms with E-state index in [1.54, 1.807) is 7.05 Å². The van der Waals surface area contributed by atoms with Crippen molar-refractivity contribution in [1.82, 2.24) is 14.9 Å². The molecule has 2 aromatic carbocycles. The molecule has 0 aliphatic heterocycles. The van der Waals surface area contributed by atoms with Crippen molar-refractivity contribution in [3.05, 3.63) is 65.8 Å². The van der Waals surface area contributed by atoms with E-state index in [1.165, 1.54) is 11.8 Å². The van der Waals surface area contributed by atoms with E-state index >= 15 is 0 Å². The Morgan fingerprint density at radius 3 is 2.52 bits per heavy atom. The minimum absolute atomic E-state index is 0.0417. The Hall–Kier alpha value is -2.24. The molecule has 1 amide bonds. The molecule has 0 fully saturated rings. The van der Waals surface area contributed by atoms with Crippen molar-refractivity contribution in [2.75, 3.05) is 7.05 Å². The van der Waals surface area contributed by atoms with Gasteiger partial charge < -0.3 is 5.32 Å². The summed E-state index contributed by atoms with van der Waals surface area (Å²) in [4.78, 5) is 16.5. The summed E-state index contributed by atoms with van der Waals surface area (Å²) in [6.07, 6.45) is 1.82. The second kappa shape index (κ2) is 7.76. The van der Waals surface area contributed by atoms with Crippen LogP contribution in [-0.2, 0) is 4.79 Å². The van der Waals surface area contributed by atoms with Gasteiger partial charge in [0.15, 0.2) is 5.16 Å². The van der Waals surface area contributed by atoms with Gasteiger partial charge in [-0.15, -0.1) is 0 Å². The Bertz CT molecular complexity index is 879. The van der Waals surface area contributed by atoms with Crippen LogP contribution in [0.15, 0.2) is 66.0 Å². The number of carbonyl (C=O) groups is 1. The average molecular weight is 372 g/mol. The van der Waals surface area contributed by atoms with E-state index in [0.29, 0.717) is 5.02 Å². The van der Waals surface area contributed by atoms with Crippen molar-refractivity contribution in [3.8, 4) is 16.9 Å². The van der Waals surface area contributed by atoms with Crippen molar-refractivity contribution in [2.24, 2.45) is 0 Å². The van der Waals surface area contributed by atoms with E-state index in [1.807, 2.05) is 72.3 Å². The van der Waals surface area contributed by atoms with Crippen LogP contribution in [0.2, 0.25) is 5.02 Å². The summed E-state index contributed by atoms with van der Waals surface area (Å²) >= 11 is 7.84. The van der Waals surface area contributed by atoms with Crippen molar-refractivity contribution < 1.29 is 4.79 Å². The normalized spacial score (nSPS) is 12.0. The number of nitrogens with one attached hydrogen (secondary N) is 1. The fraction of sp³-hybridized carbons (Fsp3) is 0.158. The molecule has 0 saturated carbocycles. The van der Waals surface area contributed by atoms with Crippen molar-refractivity contribution in [1.29, 1.82) is 0 Å². The number of carbonyl (C=O) groups excluding carboxylic acids is 1. The Balaban J connectivity index is 2.12. The summed E-state index contributed by atoms with van der Waals surface area (Å²) in [6.45, 7) is 1.86. The van der Waals surface area contributed by atoms with Gasteiger partial charge in [-0.05, 0) is 19.1 Å². The van der Waals surface area contributed by atoms with Gasteiger partial charge in [0, 0.05) is 12.6 Å². The SMILES string of the molecule is CNC(=O)C(C)Sc1ncc(-c2ccccc2)n1-c1ccccc1Cl. The summed E-state index contributed by atoms with van der Waals surface area (Å²) in [5, 5.41) is 3.76. The van der Waals surface area contributed by atoms with Crippen LogP contribution < -0.4 is 5.32 Å². The average Bonchev–Trinajstić information content (AvgIpc) is 3.05. The molecule has 0 saturated heterocycles. The fourth-order valence-electron chi connectivity index (χ4n) is 2.51. The smallest absolute Gasteiger partial charge is 0.233 e. The molecule has 0 radical (unpaired) electrons. The van der Waals surface area contributed by atoms with E-state index in [0.717, 1.165) is 22.1 Å². The highest BCUT2D eigenvalue weighted by atomic mass is 35.5. The Kier molecular flexibility index (Phi) is 5.46. The molecule has 1 N–H and O–H groups in total. The summed E-state index contributed by atoms with van der Waals surface area (Å²) in [5.74, 6) is -0.0417. The first-order valence-corrected chi connectivity index (χ1v) is 9.14. The van der Waals surface area contributed by atoms with Gasteiger partial charge in [0.2, 0.25) is 5.91 Å². The Labute approximate surface area is 156 Å². The lowest BCUT2D eigenvalue weighted by Gasteiger charge is -2.15. The van der Waals surface area contributed by atoms with Crippen molar-refractivity contribution in [3.63, 3.8) is 0 Å². The topological polar surface area (TPSA) is 46.9 Å². The summed E-state index contributed by atoms with van der Waals surface area (Å²) in [5.41, 5.74) is 2.81. The van der Waals surface area contributed by atoms with Gasteiger partial charge in [0.25, 0.3) is 0 Å². The van der Waals surface area contributed by atoms with E-state index in [-0.39, 0.29) is 11.2 Å². The van der Waals surface area contributed by atoms with E-state index < -0.39 is 0 Å². The maximum Gasteiger partial charge on any atom is 0.233 e. The second-order valence-electron chi connectivity index (χ2n) is 5.45. The zero-order valence-electron chi connectivity index (χ0n) is 13.9. The molecule has 0 aliphatic carbocycles. The molecule has 0 aliphatic rings. The highest BCUT2D eigenvalue weighted by molar-refractivity contribution is 8.00. The van der Waals surface area contributed by atoms with Gasteiger partial charge in [-0.2, -0.15) is 0 Å². The molecule has 0 bridgehead atoms. The first kappa shape index (κ1) is 17.6. The number of para-hydroxylation sites is 1. The van der Waals surface area contributed by atoms with Crippen molar-refractivity contribution in [2.45, 2.75) is 17.3 Å². The first-order valence-electron chi connectivity index (χ1n) is 7.88. The second-order valence-corrected chi connectivity index (χ2v) is 7.17. The first-order chi connectivity index (χ1) is 12.1. The predicted octanol–water partition coefficient (Wildman–Crippen LogP) is 4.42. The number of hydrogen-bond acceptors (Lipinski definition) is 3. The minimum atomic E-state index is -0.266. The number of amides is 1. The van der Waals surface area contributed by atoms with Gasteiger partial charge in [-0.25, -0.2) is 4.98 Å². The number of thioether (sulfide) groups is 1. The van der Waals surface area contributed by atoms with Crippen molar-refractivity contribution >= 4 is 29.3 Å².